The highest BCUT2D eigenvalue weighted by atomic mass is 79.9. The third-order valence-electron chi connectivity index (χ3n) is 2.50. The molecule has 0 amide bonds. The maximum Gasteiger partial charge on any atom is 0.175 e. The molecule has 0 spiro atoms. The van der Waals surface area contributed by atoms with Crippen LogP contribution < -0.4 is 0 Å². The first kappa shape index (κ1) is 11.4. The van der Waals surface area contributed by atoms with Gasteiger partial charge in [-0.3, -0.25) is 0 Å². The minimum absolute atomic E-state index is 0.583. The van der Waals surface area contributed by atoms with Crippen molar-refractivity contribution in [1.82, 2.24) is 0 Å². The van der Waals surface area contributed by atoms with Crippen molar-refractivity contribution in [2.75, 3.05) is 0 Å². The molecule has 0 radical (unpaired) electrons. The van der Waals surface area contributed by atoms with Crippen molar-refractivity contribution in [2.24, 2.45) is 0 Å². The van der Waals surface area contributed by atoms with Crippen LogP contribution >= 0.6 is 15.9 Å². The summed E-state index contributed by atoms with van der Waals surface area (Å²) in [6, 6.07) is 7.82. The lowest BCUT2D eigenvalue weighted by Gasteiger charge is -2.11. The molecule has 0 aliphatic heterocycles. The van der Waals surface area contributed by atoms with E-state index in [0.717, 1.165) is 22.3 Å². The van der Waals surface area contributed by atoms with Gasteiger partial charge in [-0.1, -0.05) is 29.3 Å². The smallest absolute Gasteiger partial charge is 0.175 e. The Morgan fingerprint density at radius 2 is 1.81 bits per heavy atom. The molecule has 1 N–H and O–H groups in total. The van der Waals surface area contributed by atoms with Crippen LogP contribution in [0.3, 0.4) is 0 Å². The molecule has 0 aliphatic carbocycles. The van der Waals surface area contributed by atoms with Crippen LogP contribution in [0.15, 0.2) is 39.6 Å². The van der Waals surface area contributed by atoms with Crippen molar-refractivity contribution in [3.05, 3.63) is 57.5 Å². The van der Waals surface area contributed by atoms with Crippen LogP contribution in [0.25, 0.3) is 0 Å². The summed E-state index contributed by atoms with van der Waals surface area (Å²) in [7, 11) is 0. The number of aliphatic hydroxyl groups is 1. The lowest BCUT2D eigenvalue weighted by atomic mass is 10.00. The van der Waals surface area contributed by atoms with Gasteiger partial charge in [0.2, 0.25) is 0 Å². The molecule has 1 aromatic carbocycles. The van der Waals surface area contributed by atoms with Gasteiger partial charge in [0.05, 0.1) is 6.26 Å². The molecule has 2 rings (SSSR count). The molecule has 0 saturated heterocycles. The topological polar surface area (TPSA) is 33.4 Å². The van der Waals surface area contributed by atoms with Crippen molar-refractivity contribution in [1.29, 1.82) is 0 Å². The van der Waals surface area contributed by atoms with Crippen LogP contribution in [0, 0.1) is 13.8 Å². The predicted molar refractivity (Wildman–Crippen MR) is 66.4 cm³/mol. The van der Waals surface area contributed by atoms with Crippen LogP contribution in [0.4, 0.5) is 0 Å². The van der Waals surface area contributed by atoms with Gasteiger partial charge in [0.25, 0.3) is 0 Å². The molecule has 0 aliphatic rings. The van der Waals surface area contributed by atoms with Crippen LogP contribution in [-0.4, -0.2) is 5.11 Å². The molecule has 0 saturated carbocycles. The molecule has 16 heavy (non-hydrogen) atoms. The van der Waals surface area contributed by atoms with Gasteiger partial charge in [0.15, 0.2) is 4.67 Å². The molecule has 1 atom stereocenters. The second kappa shape index (κ2) is 4.44. The third kappa shape index (κ3) is 2.20. The lowest BCUT2D eigenvalue weighted by Crippen LogP contribution is -1.99. The van der Waals surface area contributed by atoms with E-state index in [1.807, 2.05) is 26.0 Å². The molecular formula is C13H13BrO2. The number of rotatable bonds is 2. The average molecular weight is 281 g/mol. The van der Waals surface area contributed by atoms with Crippen LogP contribution in [0.2, 0.25) is 0 Å². The van der Waals surface area contributed by atoms with E-state index in [-0.39, 0.29) is 0 Å². The van der Waals surface area contributed by atoms with Gasteiger partial charge in [-0.05, 0) is 41.4 Å². The predicted octanol–water partition coefficient (Wildman–Crippen LogP) is 3.74. The number of benzene rings is 1. The molecule has 2 nitrogen and oxygen atoms in total. The number of furan rings is 1. The van der Waals surface area contributed by atoms with Crippen LogP contribution in [0.5, 0.6) is 0 Å². The van der Waals surface area contributed by atoms with E-state index < -0.39 is 6.10 Å². The maximum absolute atomic E-state index is 10.2. The number of aryl methyl sites for hydroxylation is 2. The van der Waals surface area contributed by atoms with E-state index in [0.29, 0.717) is 4.67 Å². The zero-order chi connectivity index (χ0) is 11.7. The average Bonchev–Trinajstić information content (AvgIpc) is 2.62. The summed E-state index contributed by atoms with van der Waals surface area (Å²) in [4.78, 5) is 0. The second-order valence-corrected chi connectivity index (χ2v) is 4.69. The largest absolute Gasteiger partial charge is 0.457 e. The van der Waals surface area contributed by atoms with E-state index in [1.54, 1.807) is 12.3 Å². The Labute approximate surface area is 103 Å². The quantitative estimate of drug-likeness (QED) is 0.909. The molecule has 0 bridgehead atoms. The maximum atomic E-state index is 10.2. The minimum Gasteiger partial charge on any atom is -0.457 e. The van der Waals surface area contributed by atoms with Crippen molar-refractivity contribution >= 4 is 15.9 Å². The van der Waals surface area contributed by atoms with Gasteiger partial charge in [-0.15, -0.1) is 0 Å². The fourth-order valence-electron chi connectivity index (χ4n) is 1.85. The molecule has 2 aromatic rings. The Balaban J connectivity index is 2.41. The molecule has 84 valence electrons. The first-order chi connectivity index (χ1) is 7.58. The number of hydrogen-bond donors (Lipinski definition) is 1. The Morgan fingerprint density at radius 1 is 1.19 bits per heavy atom. The molecule has 1 heterocycles. The minimum atomic E-state index is -0.647. The number of aliphatic hydroxyl groups excluding tert-OH is 1. The summed E-state index contributed by atoms with van der Waals surface area (Å²) < 4.78 is 5.71. The van der Waals surface area contributed by atoms with Gasteiger partial charge < -0.3 is 9.52 Å². The third-order valence-corrected chi connectivity index (χ3v) is 3.15. The summed E-state index contributed by atoms with van der Waals surface area (Å²) in [5, 5.41) is 10.2. The second-order valence-electron chi connectivity index (χ2n) is 3.97. The van der Waals surface area contributed by atoms with E-state index >= 15 is 0 Å². The number of hydrogen-bond acceptors (Lipinski definition) is 2. The van der Waals surface area contributed by atoms with E-state index in [9.17, 15) is 5.11 Å². The highest BCUT2D eigenvalue weighted by Crippen LogP contribution is 2.30. The summed E-state index contributed by atoms with van der Waals surface area (Å²) in [5.41, 5.74) is 3.94. The molecule has 1 unspecified atom stereocenters. The van der Waals surface area contributed by atoms with E-state index in [4.69, 9.17) is 4.42 Å². The van der Waals surface area contributed by atoms with Gasteiger partial charge in [-0.2, -0.15) is 0 Å². The standard InChI is InChI=1S/C13H13BrO2/c1-8-5-9(2)7-10(6-8)12(15)11-3-4-16-13(11)14/h3-7,12,15H,1-2H3. The Morgan fingerprint density at radius 3 is 2.31 bits per heavy atom. The van der Waals surface area contributed by atoms with Crippen molar-refractivity contribution in [2.45, 2.75) is 20.0 Å². The fraction of sp³-hybridized carbons (Fsp3) is 0.231. The van der Waals surface area contributed by atoms with E-state index in [1.165, 1.54) is 0 Å². The van der Waals surface area contributed by atoms with Gasteiger partial charge in [0, 0.05) is 5.56 Å². The van der Waals surface area contributed by atoms with Crippen molar-refractivity contribution in [3.8, 4) is 0 Å². The highest BCUT2D eigenvalue weighted by Gasteiger charge is 2.16. The van der Waals surface area contributed by atoms with Gasteiger partial charge in [-0.25, -0.2) is 0 Å². The monoisotopic (exact) mass is 280 g/mol. The van der Waals surface area contributed by atoms with Crippen molar-refractivity contribution in [3.63, 3.8) is 0 Å². The van der Waals surface area contributed by atoms with Crippen molar-refractivity contribution < 1.29 is 9.52 Å². The summed E-state index contributed by atoms with van der Waals surface area (Å²) >= 11 is 3.27. The summed E-state index contributed by atoms with van der Waals surface area (Å²) in [6.07, 6.45) is 0.914. The zero-order valence-electron chi connectivity index (χ0n) is 9.20. The Kier molecular flexibility index (Phi) is 3.17. The number of halogens is 1. The SMILES string of the molecule is Cc1cc(C)cc(C(O)c2ccoc2Br)c1. The van der Waals surface area contributed by atoms with Gasteiger partial charge >= 0.3 is 0 Å². The summed E-state index contributed by atoms with van der Waals surface area (Å²) in [6.45, 7) is 4.04. The first-order valence-corrected chi connectivity index (χ1v) is 5.86. The first-order valence-electron chi connectivity index (χ1n) is 5.07. The zero-order valence-corrected chi connectivity index (χ0v) is 10.8. The highest BCUT2D eigenvalue weighted by molar-refractivity contribution is 9.10. The fourth-order valence-corrected chi connectivity index (χ4v) is 2.30. The summed E-state index contributed by atoms with van der Waals surface area (Å²) in [5.74, 6) is 0. The van der Waals surface area contributed by atoms with E-state index in [2.05, 4.69) is 22.0 Å². The van der Waals surface area contributed by atoms with Crippen LogP contribution in [-0.2, 0) is 0 Å². The normalized spacial score (nSPS) is 12.8. The lowest BCUT2D eigenvalue weighted by molar-refractivity contribution is 0.218. The Bertz CT molecular complexity index is 482. The van der Waals surface area contributed by atoms with Crippen LogP contribution in [0.1, 0.15) is 28.4 Å². The molecular weight excluding hydrogens is 268 g/mol. The Hall–Kier alpha value is -1.06. The molecule has 0 fully saturated rings. The molecule has 1 aromatic heterocycles. The molecule has 3 heteroatoms. The van der Waals surface area contributed by atoms with Gasteiger partial charge in [0.1, 0.15) is 6.10 Å².